The molecular formula is C41H34ClF3N2O5. The molecule has 0 bridgehead atoms. The van der Waals surface area contributed by atoms with Crippen molar-refractivity contribution < 1.29 is 27.5 Å². The molecule has 0 heterocycles. The molecule has 3 unspecified atom stereocenters. The van der Waals surface area contributed by atoms with Crippen molar-refractivity contribution in [2.45, 2.75) is 56.3 Å². The average Bonchev–Trinajstić information content (AvgIpc) is 3.15. The number of nitrogens with zero attached hydrogens (tertiary/aromatic N) is 2. The number of hydrogen-bond acceptors (Lipinski definition) is 7. The lowest BCUT2D eigenvalue weighted by Crippen LogP contribution is -2.38. The first-order valence-electron chi connectivity index (χ1n) is 16.6. The van der Waals surface area contributed by atoms with Crippen molar-refractivity contribution >= 4 is 23.5 Å². The molecule has 0 aliphatic carbocycles. The normalized spacial score (nSPS) is 13.4. The van der Waals surface area contributed by atoms with Gasteiger partial charge in [0.15, 0.2) is 0 Å². The van der Waals surface area contributed by atoms with Gasteiger partial charge in [0.25, 0.3) is 0 Å². The summed E-state index contributed by atoms with van der Waals surface area (Å²) in [5, 5.41) is 6.80. The van der Waals surface area contributed by atoms with Crippen molar-refractivity contribution in [3.63, 3.8) is 0 Å². The molecule has 5 aromatic rings. The minimum atomic E-state index is -2.74. The van der Waals surface area contributed by atoms with Crippen LogP contribution in [0.5, 0.6) is 0 Å². The minimum absolute atomic E-state index is 0.158. The molecule has 0 fully saturated rings. The summed E-state index contributed by atoms with van der Waals surface area (Å²) < 4.78 is 49.3. The van der Waals surface area contributed by atoms with Gasteiger partial charge < -0.3 is 4.74 Å². The van der Waals surface area contributed by atoms with Crippen molar-refractivity contribution in [3.8, 4) is 22.3 Å². The van der Waals surface area contributed by atoms with Crippen molar-refractivity contribution in [2.75, 3.05) is 0 Å². The van der Waals surface area contributed by atoms with Crippen molar-refractivity contribution in [3.05, 3.63) is 164 Å². The van der Waals surface area contributed by atoms with E-state index in [1.807, 2.05) is 42.5 Å². The zero-order valence-electron chi connectivity index (χ0n) is 27.9. The Morgan fingerprint density at radius 1 is 0.731 bits per heavy atom. The van der Waals surface area contributed by atoms with Crippen LogP contribution in [0.15, 0.2) is 132 Å². The number of halogens is 4. The molecule has 0 N–H and O–H groups in total. The third-order valence-electron chi connectivity index (χ3n) is 8.86. The molecule has 0 aromatic heterocycles. The molecule has 0 radical (unpaired) electrons. The van der Waals surface area contributed by atoms with Gasteiger partial charge in [0.1, 0.15) is 23.7 Å². The van der Waals surface area contributed by atoms with E-state index in [0.29, 0.717) is 28.1 Å². The predicted molar refractivity (Wildman–Crippen MR) is 194 cm³/mol. The van der Waals surface area contributed by atoms with Gasteiger partial charge in [-0.2, -0.15) is 9.81 Å². The van der Waals surface area contributed by atoms with E-state index in [-0.39, 0.29) is 24.8 Å². The summed E-state index contributed by atoms with van der Waals surface area (Å²) in [6, 6.07) is 30.2. The van der Waals surface area contributed by atoms with Gasteiger partial charge in [-0.25, -0.2) is 18.0 Å². The largest absolute Gasteiger partial charge is 0.391 e. The van der Waals surface area contributed by atoms with Gasteiger partial charge in [-0.3, -0.25) is 4.79 Å². The van der Waals surface area contributed by atoms with Gasteiger partial charge in [0, 0.05) is 29.5 Å². The maximum absolute atomic E-state index is 16.8. The maximum Gasteiger partial charge on any atom is 0.351 e. The summed E-state index contributed by atoms with van der Waals surface area (Å²) in [6.45, 7) is 0. The number of benzene rings is 5. The highest BCUT2D eigenvalue weighted by Crippen LogP contribution is 2.36. The highest BCUT2D eigenvalue weighted by Gasteiger charge is 2.44. The molecule has 0 aliphatic heterocycles. The fraction of sp³-hybridized carbons (Fsp3) is 0.220. The smallest absolute Gasteiger partial charge is 0.351 e. The fourth-order valence-electron chi connectivity index (χ4n) is 5.96. The summed E-state index contributed by atoms with van der Waals surface area (Å²) in [4.78, 5) is 50.0. The zero-order chi connectivity index (χ0) is 37.1. The number of carbonyl (C=O) groups excluding carboxylic acids is 2. The van der Waals surface area contributed by atoms with E-state index in [9.17, 15) is 28.2 Å². The molecule has 0 saturated heterocycles. The molecule has 0 saturated carbocycles. The molecule has 0 spiro atoms. The number of rotatable bonds is 16. The topological polar surface area (TPSA) is 102 Å². The summed E-state index contributed by atoms with van der Waals surface area (Å²) in [6.07, 6.45) is -0.967. The Morgan fingerprint density at radius 2 is 1.31 bits per heavy atom. The summed E-state index contributed by atoms with van der Waals surface area (Å²) in [7, 11) is 0. The highest BCUT2D eigenvalue weighted by molar-refractivity contribution is 6.30. The van der Waals surface area contributed by atoms with Crippen molar-refractivity contribution in [1.29, 1.82) is 0 Å². The number of esters is 2. The van der Waals surface area contributed by atoms with E-state index in [4.69, 9.17) is 16.3 Å². The van der Waals surface area contributed by atoms with Crippen LogP contribution in [0.3, 0.4) is 0 Å². The SMILES string of the molecule is O=NC(CCC(=O)OC(=O)C(F)(CCCc1ccccc1)CC(N=O)c1ccc(-c2ccc(Cl)cc2)cc1)c1ccc(-c2ccc(F)cc2F)cc1. The first-order valence-corrected chi connectivity index (χ1v) is 17.0. The molecule has 266 valence electrons. The van der Waals surface area contributed by atoms with E-state index in [1.165, 1.54) is 30.3 Å². The van der Waals surface area contributed by atoms with E-state index in [0.717, 1.165) is 28.8 Å². The van der Waals surface area contributed by atoms with Crippen LogP contribution in [0.4, 0.5) is 13.2 Å². The van der Waals surface area contributed by atoms with Gasteiger partial charge in [0.05, 0.1) is 0 Å². The van der Waals surface area contributed by atoms with Crippen LogP contribution >= 0.6 is 11.6 Å². The Bertz CT molecular complexity index is 1990. The first kappa shape index (κ1) is 37.8. The molecule has 7 nitrogen and oxygen atoms in total. The van der Waals surface area contributed by atoms with E-state index in [2.05, 4.69) is 10.4 Å². The standard InChI is InChI=1S/C41H34ClF3N2O5/c42-33-18-16-29(17-19-33)28-8-12-32(13-9-28)38(47-51)26-41(45,24-4-7-27-5-2-1-3-6-27)40(49)52-39(48)23-22-37(46-50)31-14-10-30(11-15-31)35-21-20-34(43)25-36(35)44/h1-3,5-6,8-21,25,37-38H,4,7,22-24,26H2. The van der Waals surface area contributed by atoms with Crippen molar-refractivity contribution in [1.82, 2.24) is 0 Å². The van der Waals surface area contributed by atoms with Crippen molar-refractivity contribution in [2.24, 2.45) is 10.4 Å². The second-order valence-electron chi connectivity index (χ2n) is 12.4. The number of hydrogen-bond donors (Lipinski definition) is 0. The Labute approximate surface area is 303 Å². The second kappa shape index (κ2) is 17.6. The van der Waals surface area contributed by atoms with Crippen LogP contribution in [-0.2, 0) is 20.7 Å². The third kappa shape index (κ3) is 9.85. The lowest BCUT2D eigenvalue weighted by atomic mass is 9.87. The predicted octanol–water partition coefficient (Wildman–Crippen LogP) is 11.2. The number of alkyl halides is 1. The second-order valence-corrected chi connectivity index (χ2v) is 12.9. The van der Waals surface area contributed by atoms with E-state index in [1.54, 1.807) is 36.4 Å². The Kier molecular flexibility index (Phi) is 12.8. The molecule has 3 atom stereocenters. The minimum Gasteiger partial charge on any atom is -0.391 e. The van der Waals surface area contributed by atoms with Gasteiger partial charge >= 0.3 is 11.9 Å². The number of carbonyl (C=O) groups is 2. The van der Waals surface area contributed by atoms with Crippen LogP contribution in [0.1, 0.15) is 60.9 Å². The molecule has 5 rings (SSSR count). The number of ether oxygens (including phenoxy) is 1. The highest BCUT2D eigenvalue weighted by atomic mass is 35.5. The molecule has 0 aliphatic rings. The van der Waals surface area contributed by atoms with E-state index >= 15 is 4.39 Å². The Morgan fingerprint density at radius 3 is 1.90 bits per heavy atom. The van der Waals surface area contributed by atoms with Gasteiger partial charge in [-0.05, 0) is 83.3 Å². The average molecular weight is 727 g/mol. The molecule has 52 heavy (non-hydrogen) atoms. The van der Waals surface area contributed by atoms with Gasteiger partial charge in [-0.15, -0.1) is 0 Å². The number of nitroso groups, excluding NO2 is 2. The van der Waals surface area contributed by atoms with Gasteiger partial charge in [-0.1, -0.05) is 113 Å². The summed E-state index contributed by atoms with van der Waals surface area (Å²) in [5.74, 6) is -3.99. The summed E-state index contributed by atoms with van der Waals surface area (Å²) >= 11 is 5.99. The Hall–Kier alpha value is -5.48. The first-order chi connectivity index (χ1) is 25.1. The monoisotopic (exact) mass is 726 g/mol. The number of aryl methyl sites for hydroxylation is 1. The zero-order valence-corrected chi connectivity index (χ0v) is 28.6. The third-order valence-corrected chi connectivity index (χ3v) is 9.11. The Balaban J connectivity index is 1.26. The van der Waals surface area contributed by atoms with Gasteiger partial charge in [0.2, 0.25) is 5.67 Å². The van der Waals surface area contributed by atoms with Crippen LogP contribution in [-0.4, -0.2) is 17.6 Å². The fourth-order valence-corrected chi connectivity index (χ4v) is 6.08. The van der Waals surface area contributed by atoms with Crippen LogP contribution < -0.4 is 0 Å². The maximum atomic E-state index is 16.8. The molecule has 0 amide bonds. The molecule has 5 aromatic carbocycles. The molecule has 11 heteroatoms. The van der Waals surface area contributed by atoms with Crippen LogP contribution in [0.25, 0.3) is 22.3 Å². The lowest BCUT2D eigenvalue weighted by molar-refractivity contribution is -0.170. The quantitative estimate of drug-likeness (QED) is 0.0572. The lowest BCUT2D eigenvalue weighted by Gasteiger charge is -2.25. The van der Waals surface area contributed by atoms with Crippen LogP contribution in [0.2, 0.25) is 5.02 Å². The molecular weight excluding hydrogens is 693 g/mol. The van der Waals surface area contributed by atoms with Crippen LogP contribution in [0, 0.1) is 21.4 Å². The summed E-state index contributed by atoms with van der Waals surface area (Å²) in [5.41, 5.74) is 1.25. The van der Waals surface area contributed by atoms with E-state index < -0.39 is 54.2 Å².